The molecule has 0 saturated carbocycles. The number of benzene rings is 2. The molecule has 0 radical (unpaired) electrons. The third-order valence-electron chi connectivity index (χ3n) is 4.33. The van der Waals surface area contributed by atoms with Gasteiger partial charge in [0.2, 0.25) is 0 Å². The molecule has 0 fully saturated rings. The van der Waals surface area contributed by atoms with Crippen LogP contribution in [0.3, 0.4) is 0 Å². The van der Waals surface area contributed by atoms with Gasteiger partial charge in [-0.25, -0.2) is 4.79 Å². The van der Waals surface area contributed by atoms with E-state index in [1.54, 1.807) is 0 Å². The Labute approximate surface area is 141 Å². The van der Waals surface area contributed by atoms with Gasteiger partial charge < -0.3 is 15.0 Å². The summed E-state index contributed by atoms with van der Waals surface area (Å²) in [5, 5.41) is 14.1. The number of aromatic carboxylic acids is 1. The van der Waals surface area contributed by atoms with Gasteiger partial charge in [0.1, 0.15) is 5.69 Å². The van der Waals surface area contributed by atoms with E-state index in [1.807, 2.05) is 54.0 Å². The van der Waals surface area contributed by atoms with E-state index in [0.29, 0.717) is 18.8 Å². The summed E-state index contributed by atoms with van der Waals surface area (Å²) in [6.45, 7) is 3.99. The quantitative estimate of drug-likeness (QED) is 0.652. The van der Waals surface area contributed by atoms with Gasteiger partial charge in [-0.3, -0.25) is 0 Å². The standard InChI is InChI=1S/C20H22N2O2/c1-2-22-18-11-7-6-10-16(18)17(19(22)20(23)24)14-21-13-12-15-8-4-3-5-9-15/h3-11,21H,2,12-14H2,1H3,(H,23,24). The summed E-state index contributed by atoms with van der Waals surface area (Å²) in [6, 6.07) is 18.2. The Kier molecular flexibility index (Phi) is 4.96. The van der Waals surface area contributed by atoms with Crippen LogP contribution in [0.4, 0.5) is 0 Å². The van der Waals surface area contributed by atoms with Gasteiger partial charge in [0.15, 0.2) is 0 Å². The van der Waals surface area contributed by atoms with Crippen LogP contribution in [0.5, 0.6) is 0 Å². The number of aromatic nitrogens is 1. The van der Waals surface area contributed by atoms with Crippen molar-refractivity contribution in [1.29, 1.82) is 0 Å². The van der Waals surface area contributed by atoms with E-state index in [9.17, 15) is 9.90 Å². The van der Waals surface area contributed by atoms with Crippen LogP contribution in [-0.2, 0) is 19.5 Å². The van der Waals surface area contributed by atoms with Crippen molar-refractivity contribution in [3.63, 3.8) is 0 Å². The second-order valence-electron chi connectivity index (χ2n) is 5.81. The van der Waals surface area contributed by atoms with E-state index in [0.717, 1.165) is 29.4 Å². The summed E-state index contributed by atoms with van der Waals surface area (Å²) >= 11 is 0. The van der Waals surface area contributed by atoms with E-state index < -0.39 is 5.97 Å². The van der Waals surface area contributed by atoms with Gasteiger partial charge >= 0.3 is 5.97 Å². The third kappa shape index (κ3) is 3.19. The highest BCUT2D eigenvalue weighted by molar-refractivity contribution is 5.98. The molecule has 0 aliphatic rings. The average Bonchev–Trinajstić information content (AvgIpc) is 2.93. The van der Waals surface area contributed by atoms with Crippen molar-refractivity contribution in [3.8, 4) is 0 Å². The molecule has 0 aliphatic carbocycles. The number of rotatable bonds is 7. The molecule has 0 bridgehead atoms. The molecule has 2 aromatic carbocycles. The van der Waals surface area contributed by atoms with Crippen LogP contribution in [0.2, 0.25) is 0 Å². The number of nitrogens with zero attached hydrogens (tertiary/aromatic N) is 1. The molecule has 0 saturated heterocycles. The minimum Gasteiger partial charge on any atom is -0.477 e. The Hall–Kier alpha value is -2.59. The normalized spacial score (nSPS) is 11.0. The first-order chi connectivity index (χ1) is 11.7. The number of carboxylic acids is 1. The summed E-state index contributed by atoms with van der Waals surface area (Å²) in [7, 11) is 0. The summed E-state index contributed by atoms with van der Waals surface area (Å²) in [6.07, 6.45) is 0.926. The van der Waals surface area contributed by atoms with Crippen LogP contribution in [0.15, 0.2) is 54.6 Å². The molecule has 0 spiro atoms. The zero-order valence-corrected chi connectivity index (χ0v) is 13.8. The van der Waals surface area contributed by atoms with Crippen LogP contribution in [0.1, 0.15) is 28.5 Å². The van der Waals surface area contributed by atoms with Crippen LogP contribution in [0.25, 0.3) is 10.9 Å². The summed E-state index contributed by atoms with van der Waals surface area (Å²) in [4.78, 5) is 11.8. The van der Waals surface area contributed by atoms with Gasteiger partial charge in [-0.2, -0.15) is 0 Å². The fourth-order valence-corrected chi connectivity index (χ4v) is 3.22. The molecule has 0 unspecified atom stereocenters. The largest absolute Gasteiger partial charge is 0.477 e. The molecule has 4 nitrogen and oxygen atoms in total. The average molecular weight is 322 g/mol. The number of hydrogen-bond donors (Lipinski definition) is 2. The molecule has 24 heavy (non-hydrogen) atoms. The minimum absolute atomic E-state index is 0.394. The van der Waals surface area contributed by atoms with Crippen molar-refractivity contribution in [1.82, 2.24) is 9.88 Å². The zero-order valence-electron chi connectivity index (χ0n) is 13.8. The molecule has 0 atom stereocenters. The smallest absolute Gasteiger partial charge is 0.352 e. The maximum absolute atomic E-state index is 11.8. The maximum atomic E-state index is 11.8. The lowest BCUT2D eigenvalue weighted by molar-refractivity contribution is 0.0684. The lowest BCUT2D eigenvalue weighted by Gasteiger charge is -2.07. The van der Waals surface area contributed by atoms with Gasteiger partial charge in [-0.1, -0.05) is 48.5 Å². The maximum Gasteiger partial charge on any atom is 0.352 e. The van der Waals surface area contributed by atoms with Crippen LogP contribution < -0.4 is 5.32 Å². The fraction of sp³-hybridized carbons (Fsp3) is 0.250. The monoisotopic (exact) mass is 322 g/mol. The van der Waals surface area contributed by atoms with Crippen molar-refractivity contribution in [2.24, 2.45) is 0 Å². The predicted octanol–water partition coefficient (Wildman–Crippen LogP) is 3.69. The van der Waals surface area contributed by atoms with E-state index in [2.05, 4.69) is 17.4 Å². The van der Waals surface area contributed by atoms with Crippen molar-refractivity contribution in [2.45, 2.75) is 26.4 Å². The molecule has 0 aliphatic heterocycles. The van der Waals surface area contributed by atoms with Crippen LogP contribution in [-0.4, -0.2) is 22.2 Å². The lowest BCUT2D eigenvalue weighted by atomic mass is 10.1. The predicted molar refractivity (Wildman–Crippen MR) is 96.4 cm³/mol. The first kappa shape index (κ1) is 16.3. The Morgan fingerprint density at radius 3 is 2.50 bits per heavy atom. The van der Waals surface area contributed by atoms with E-state index in [1.165, 1.54) is 5.56 Å². The topological polar surface area (TPSA) is 54.3 Å². The highest BCUT2D eigenvalue weighted by atomic mass is 16.4. The van der Waals surface area contributed by atoms with Crippen LogP contribution in [0, 0.1) is 0 Å². The highest BCUT2D eigenvalue weighted by Gasteiger charge is 2.20. The second-order valence-corrected chi connectivity index (χ2v) is 5.81. The molecule has 3 rings (SSSR count). The summed E-state index contributed by atoms with van der Waals surface area (Å²) < 4.78 is 1.88. The number of para-hydroxylation sites is 1. The lowest BCUT2D eigenvalue weighted by Crippen LogP contribution is -2.19. The van der Waals surface area contributed by atoms with E-state index >= 15 is 0 Å². The number of carbonyl (C=O) groups is 1. The molecule has 124 valence electrons. The Bertz CT molecular complexity index is 837. The van der Waals surface area contributed by atoms with Gasteiger partial charge in [0.25, 0.3) is 0 Å². The van der Waals surface area contributed by atoms with Crippen molar-refractivity contribution >= 4 is 16.9 Å². The van der Waals surface area contributed by atoms with Crippen molar-refractivity contribution in [3.05, 3.63) is 71.4 Å². The number of fused-ring (bicyclic) bond motifs is 1. The molecule has 1 aromatic heterocycles. The Morgan fingerprint density at radius 1 is 1.08 bits per heavy atom. The molecule has 2 N–H and O–H groups in total. The van der Waals surface area contributed by atoms with Gasteiger partial charge in [0.05, 0.1) is 0 Å². The number of carboxylic acid groups (broad SMARTS) is 1. The summed E-state index contributed by atoms with van der Waals surface area (Å²) in [5.41, 5.74) is 3.52. The second kappa shape index (κ2) is 7.32. The highest BCUT2D eigenvalue weighted by Crippen LogP contribution is 2.26. The fourth-order valence-electron chi connectivity index (χ4n) is 3.22. The number of hydrogen-bond acceptors (Lipinski definition) is 2. The van der Waals surface area contributed by atoms with Crippen LogP contribution >= 0.6 is 0 Å². The molecular formula is C20H22N2O2. The molecular weight excluding hydrogens is 300 g/mol. The first-order valence-electron chi connectivity index (χ1n) is 8.30. The molecule has 0 amide bonds. The van der Waals surface area contributed by atoms with Crippen molar-refractivity contribution < 1.29 is 9.90 Å². The minimum atomic E-state index is -0.868. The first-order valence-corrected chi connectivity index (χ1v) is 8.30. The number of nitrogens with one attached hydrogen (secondary N) is 1. The zero-order chi connectivity index (χ0) is 16.9. The Balaban J connectivity index is 1.80. The van der Waals surface area contributed by atoms with E-state index in [-0.39, 0.29) is 0 Å². The SMILES string of the molecule is CCn1c(C(=O)O)c(CNCCc2ccccc2)c2ccccc21. The van der Waals surface area contributed by atoms with Gasteiger partial charge in [-0.15, -0.1) is 0 Å². The summed E-state index contributed by atoms with van der Waals surface area (Å²) in [5.74, 6) is -0.868. The Morgan fingerprint density at radius 2 is 1.79 bits per heavy atom. The van der Waals surface area contributed by atoms with Gasteiger partial charge in [-0.05, 0) is 31.5 Å². The molecule has 4 heteroatoms. The molecule has 1 heterocycles. The number of aryl methyl sites for hydroxylation is 1. The third-order valence-corrected chi connectivity index (χ3v) is 4.33. The molecule has 3 aromatic rings. The van der Waals surface area contributed by atoms with E-state index in [4.69, 9.17) is 0 Å². The van der Waals surface area contributed by atoms with Crippen molar-refractivity contribution in [2.75, 3.05) is 6.54 Å². The van der Waals surface area contributed by atoms with Gasteiger partial charge in [0, 0.05) is 29.6 Å².